The predicted molar refractivity (Wildman–Crippen MR) is 123 cm³/mol. The number of benzene rings is 2. The van der Waals surface area contributed by atoms with Crippen LogP contribution in [0.4, 0.5) is 10.1 Å². The topological polar surface area (TPSA) is 78.5 Å². The second-order valence-electron chi connectivity index (χ2n) is 8.27. The fourth-order valence-electron chi connectivity index (χ4n) is 3.58. The van der Waals surface area contributed by atoms with Gasteiger partial charge >= 0.3 is 0 Å². The fourth-order valence-corrected chi connectivity index (χ4v) is 4.24. The Labute approximate surface area is 194 Å². The zero-order valence-corrected chi connectivity index (χ0v) is 19.4. The number of fused-ring (bicyclic) bond motifs is 1. The number of amides is 3. The molecule has 0 aromatic heterocycles. The first-order valence-corrected chi connectivity index (χ1v) is 11.2. The lowest BCUT2D eigenvalue weighted by Gasteiger charge is -2.24. The van der Waals surface area contributed by atoms with Crippen molar-refractivity contribution < 1.29 is 18.8 Å². The zero-order valence-electron chi connectivity index (χ0n) is 17.8. The summed E-state index contributed by atoms with van der Waals surface area (Å²) in [5.41, 5.74) is 8.51. The van der Waals surface area contributed by atoms with Gasteiger partial charge in [-0.05, 0) is 71.4 Å². The Balaban J connectivity index is 1.66. The lowest BCUT2D eigenvalue weighted by Crippen LogP contribution is -2.43. The molecule has 0 unspecified atom stereocenters. The smallest absolute Gasteiger partial charge is 0.267 e. The molecule has 0 atom stereocenters. The van der Waals surface area contributed by atoms with Crippen LogP contribution in [-0.2, 0) is 20.9 Å². The molecule has 1 aliphatic heterocycles. The quantitative estimate of drug-likeness (QED) is 0.623. The van der Waals surface area contributed by atoms with Crippen molar-refractivity contribution in [2.24, 2.45) is 5.92 Å². The van der Waals surface area contributed by atoms with E-state index in [-0.39, 0.29) is 42.1 Å². The van der Waals surface area contributed by atoms with Crippen LogP contribution in [0.3, 0.4) is 0 Å². The monoisotopic (exact) mass is 499 g/mol. The molecule has 0 bridgehead atoms. The number of aryl methyl sites for hydroxylation is 2. The van der Waals surface area contributed by atoms with Gasteiger partial charge in [-0.15, -0.1) is 0 Å². The van der Waals surface area contributed by atoms with Crippen molar-refractivity contribution in [1.29, 1.82) is 0 Å². The number of carbonyl (C=O) groups excluding carboxylic acids is 3. The van der Waals surface area contributed by atoms with Crippen LogP contribution in [0.2, 0.25) is 0 Å². The van der Waals surface area contributed by atoms with E-state index in [0.717, 1.165) is 18.4 Å². The molecule has 32 heavy (non-hydrogen) atoms. The van der Waals surface area contributed by atoms with Gasteiger partial charge in [0.2, 0.25) is 11.8 Å². The minimum absolute atomic E-state index is 0.0578. The van der Waals surface area contributed by atoms with E-state index in [9.17, 15) is 18.8 Å². The minimum atomic E-state index is -0.547. The normalized spacial score (nSPS) is 15.9. The minimum Gasteiger partial charge on any atom is -0.307 e. The molecule has 2 aliphatic rings. The molecule has 8 heteroatoms. The first-order valence-electron chi connectivity index (χ1n) is 10.4. The molecule has 4 rings (SSSR count). The van der Waals surface area contributed by atoms with Crippen LogP contribution in [0.5, 0.6) is 0 Å². The number of carbonyl (C=O) groups is 3. The number of nitrogens with one attached hydrogen (secondary N) is 2. The summed E-state index contributed by atoms with van der Waals surface area (Å²) in [6.07, 6.45) is 1.45. The number of hydrazine groups is 1. The van der Waals surface area contributed by atoms with Gasteiger partial charge in [0.1, 0.15) is 5.82 Å². The summed E-state index contributed by atoms with van der Waals surface area (Å²) in [5.74, 6) is -1.47. The van der Waals surface area contributed by atoms with Gasteiger partial charge in [0.25, 0.3) is 5.91 Å². The first-order chi connectivity index (χ1) is 15.2. The molecule has 1 saturated carbocycles. The Morgan fingerprint density at radius 1 is 1.12 bits per heavy atom. The third-order valence-electron chi connectivity index (χ3n) is 5.67. The van der Waals surface area contributed by atoms with E-state index in [1.165, 1.54) is 6.07 Å². The number of anilines is 1. The molecule has 3 amide bonds. The van der Waals surface area contributed by atoms with E-state index in [0.29, 0.717) is 26.9 Å². The summed E-state index contributed by atoms with van der Waals surface area (Å²) in [6.45, 7) is 3.76. The first kappa shape index (κ1) is 22.2. The number of halogens is 2. The summed E-state index contributed by atoms with van der Waals surface area (Å²) in [6, 6.07) is 10.5. The van der Waals surface area contributed by atoms with Crippen LogP contribution in [0.1, 0.15) is 41.5 Å². The molecule has 0 spiro atoms. The SMILES string of the molecule is Cc1ccc2c(c1)N(Cc1ccc(C)c(F)c1)C(=O)CC(C(=O)NNC(=O)C1CC1)=C2Br. The summed E-state index contributed by atoms with van der Waals surface area (Å²) < 4.78 is 14.6. The maximum Gasteiger partial charge on any atom is 0.267 e. The number of nitrogens with zero attached hydrogens (tertiary/aromatic N) is 1. The lowest BCUT2D eigenvalue weighted by molar-refractivity contribution is -0.128. The molecule has 6 nitrogen and oxygen atoms in total. The summed E-state index contributed by atoms with van der Waals surface area (Å²) in [5, 5.41) is 0. The molecular formula is C24H23BrFN3O3. The van der Waals surface area contributed by atoms with Crippen LogP contribution >= 0.6 is 15.9 Å². The second-order valence-corrected chi connectivity index (χ2v) is 9.06. The van der Waals surface area contributed by atoms with Gasteiger partial charge in [-0.3, -0.25) is 25.2 Å². The highest BCUT2D eigenvalue weighted by atomic mass is 79.9. The van der Waals surface area contributed by atoms with Crippen LogP contribution in [-0.4, -0.2) is 17.7 Å². The second kappa shape index (κ2) is 8.86. The van der Waals surface area contributed by atoms with E-state index in [1.807, 2.05) is 25.1 Å². The van der Waals surface area contributed by atoms with E-state index < -0.39 is 5.91 Å². The lowest BCUT2D eigenvalue weighted by atomic mass is 10.1. The summed E-state index contributed by atoms with van der Waals surface area (Å²) >= 11 is 3.51. The molecule has 2 aromatic carbocycles. The van der Waals surface area contributed by atoms with Gasteiger partial charge in [0.05, 0.1) is 18.7 Å². The summed E-state index contributed by atoms with van der Waals surface area (Å²) in [7, 11) is 0. The zero-order chi connectivity index (χ0) is 23.0. The Morgan fingerprint density at radius 2 is 1.88 bits per heavy atom. The molecule has 0 saturated heterocycles. The summed E-state index contributed by atoms with van der Waals surface area (Å²) in [4.78, 5) is 39.6. The molecule has 166 valence electrons. The van der Waals surface area contributed by atoms with E-state index in [1.54, 1.807) is 24.0 Å². The van der Waals surface area contributed by atoms with Crippen molar-refractivity contribution >= 4 is 43.8 Å². The maximum absolute atomic E-state index is 14.1. The van der Waals surface area contributed by atoms with Crippen LogP contribution in [0.25, 0.3) is 4.48 Å². The van der Waals surface area contributed by atoms with Gasteiger partial charge < -0.3 is 4.90 Å². The van der Waals surface area contributed by atoms with Crippen LogP contribution in [0, 0.1) is 25.6 Å². The molecule has 1 fully saturated rings. The number of hydrogen-bond donors (Lipinski definition) is 2. The van der Waals surface area contributed by atoms with Crippen molar-refractivity contribution in [3.8, 4) is 0 Å². The highest BCUT2D eigenvalue weighted by Gasteiger charge is 2.32. The van der Waals surface area contributed by atoms with Gasteiger partial charge in [-0.2, -0.15) is 0 Å². The largest absolute Gasteiger partial charge is 0.307 e. The van der Waals surface area contributed by atoms with Crippen molar-refractivity contribution in [3.63, 3.8) is 0 Å². The molecule has 1 aliphatic carbocycles. The Kier molecular flexibility index (Phi) is 6.15. The van der Waals surface area contributed by atoms with Gasteiger partial charge in [-0.1, -0.05) is 24.3 Å². The van der Waals surface area contributed by atoms with Crippen molar-refractivity contribution in [1.82, 2.24) is 10.9 Å². The van der Waals surface area contributed by atoms with Gasteiger partial charge in [0, 0.05) is 21.5 Å². The highest BCUT2D eigenvalue weighted by molar-refractivity contribution is 9.15. The third kappa shape index (κ3) is 4.60. The molecule has 1 heterocycles. The van der Waals surface area contributed by atoms with E-state index in [4.69, 9.17) is 0 Å². The van der Waals surface area contributed by atoms with Gasteiger partial charge in [0.15, 0.2) is 0 Å². The molecular weight excluding hydrogens is 477 g/mol. The average molecular weight is 500 g/mol. The van der Waals surface area contributed by atoms with Crippen LogP contribution in [0.15, 0.2) is 42.0 Å². The average Bonchev–Trinajstić information content (AvgIpc) is 3.61. The Morgan fingerprint density at radius 3 is 2.56 bits per heavy atom. The Hall–Kier alpha value is -3.00. The van der Waals surface area contributed by atoms with Crippen molar-refractivity contribution in [2.45, 2.75) is 39.7 Å². The van der Waals surface area contributed by atoms with E-state index >= 15 is 0 Å². The molecule has 0 radical (unpaired) electrons. The third-order valence-corrected chi connectivity index (χ3v) is 6.58. The highest BCUT2D eigenvalue weighted by Crippen LogP contribution is 2.39. The van der Waals surface area contributed by atoms with Gasteiger partial charge in [-0.25, -0.2) is 4.39 Å². The number of hydrogen-bond acceptors (Lipinski definition) is 3. The molecule has 2 N–H and O–H groups in total. The van der Waals surface area contributed by atoms with Crippen LogP contribution < -0.4 is 15.8 Å². The van der Waals surface area contributed by atoms with Crippen molar-refractivity contribution in [2.75, 3.05) is 4.90 Å². The standard InChI is InChI=1S/C24H23BrFN3O3/c1-13-3-8-17-20(9-13)29(12-15-5-4-14(2)19(26)10-15)21(30)11-18(22(17)25)24(32)28-27-23(31)16-6-7-16/h3-5,8-10,16H,6-7,11-12H2,1-2H3,(H,27,31)(H,28,32). The predicted octanol–water partition coefficient (Wildman–Crippen LogP) is 4.04. The molecule has 2 aromatic rings. The maximum atomic E-state index is 14.1. The fraction of sp³-hybridized carbons (Fsp3) is 0.292. The van der Waals surface area contributed by atoms with Crippen molar-refractivity contribution in [3.05, 3.63) is 70.0 Å². The number of rotatable bonds is 4. The van der Waals surface area contributed by atoms with E-state index in [2.05, 4.69) is 26.8 Å². The Bertz CT molecular complexity index is 1160.